The summed E-state index contributed by atoms with van der Waals surface area (Å²) < 4.78 is 40.2. The SMILES string of the molecule is Cc1ccc([C@@H](N2CCNCC2)C(F)(F)F)cc1[N+](=O)[O-].Cl.Cl. The van der Waals surface area contributed by atoms with E-state index in [0.29, 0.717) is 18.7 Å². The van der Waals surface area contributed by atoms with Crippen molar-refractivity contribution < 1.29 is 18.1 Å². The predicted octanol–water partition coefficient (Wildman–Crippen LogP) is 3.26. The van der Waals surface area contributed by atoms with Gasteiger partial charge in [0.15, 0.2) is 0 Å². The number of piperazine rings is 1. The van der Waals surface area contributed by atoms with Crippen molar-refractivity contribution in [1.82, 2.24) is 10.2 Å². The third kappa shape index (κ3) is 5.20. The van der Waals surface area contributed by atoms with Crippen LogP contribution in [0.3, 0.4) is 0 Å². The molecule has 1 saturated heterocycles. The van der Waals surface area contributed by atoms with E-state index in [2.05, 4.69) is 5.32 Å². The van der Waals surface area contributed by atoms with E-state index in [1.54, 1.807) is 0 Å². The molecular weight excluding hydrogens is 358 g/mol. The van der Waals surface area contributed by atoms with Crippen LogP contribution in [0.15, 0.2) is 18.2 Å². The van der Waals surface area contributed by atoms with E-state index in [-0.39, 0.29) is 49.2 Å². The van der Waals surface area contributed by atoms with Crippen LogP contribution in [0.2, 0.25) is 0 Å². The molecule has 1 atom stereocenters. The highest BCUT2D eigenvalue weighted by molar-refractivity contribution is 5.85. The third-order valence-corrected chi connectivity index (χ3v) is 3.57. The molecule has 1 heterocycles. The van der Waals surface area contributed by atoms with Crippen molar-refractivity contribution in [1.29, 1.82) is 0 Å². The Morgan fingerprint density at radius 1 is 1.26 bits per heavy atom. The first kappa shape index (κ1) is 21.9. The van der Waals surface area contributed by atoms with Gasteiger partial charge in [-0.05, 0) is 12.5 Å². The number of benzene rings is 1. The van der Waals surface area contributed by atoms with Gasteiger partial charge >= 0.3 is 6.18 Å². The van der Waals surface area contributed by atoms with E-state index in [9.17, 15) is 23.3 Å². The van der Waals surface area contributed by atoms with Crippen molar-refractivity contribution >= 4 is 30.5 Å². The fourth-order valence-electron chi connectivity index (χ4n) is 2.54. The molecule has 1 aromatic carbocycles. The number of nitro benzene ring substituents is 1. The van der Waals surface area contributed by atoms with Crippen LogP contribution >= 0.6 is 24.8 Å². The highest BCUT2D eigenvalue weighted by Crippen LogP contribution is 2.39. The molecule has 0 bridgehead atoms. The average molecular weight is 376 g/mol. The normalized spacial score (nSPS) is 16.9. The van der Waals surface area contributed by atoms with Gasteiger partial charge in [0.25, 0.3) is 5.69 Å². The lowest BCUT2D eigenvalue weighted by molar-refractivity contribution is -0.385. The van der Waals surface area contributed by atoms with Crippen molar-refractivity contribution in [3.63, 3.8) is 0 Å². The van der Waals surface area contributed by atoms with Crippen molar-refractivity contribution in [2.24, 2.45) is 0 Å². The van der Waals surface area contributed by atoms with Gasteiger partial charge in [0, 0.05) is 37.8 Å². The molecule has 132 valence electrons. The van der Waals surface area contributed by atoms with Crippen LogP contribution in [0, 0.1) is 17.0 Å². The van der Waals surface area contributed by atoms with Gasteiger partial charge in [0.05, 0.1) is 4.92 Å². The number of hydrogen-bond donors (Lipinski definition) is 1. The highest BCUT2D eigenvalue weighted by atomic mass is 35.5. The average Bonchev–Trinajstić information content (AvgIpc) is 2.40. The molecule has 0 radical (unpaired) electrons. The molecule has 0 unspecified atom stereocenters. The Labute approximate surface area is 144 Å². The second kappa shape index (κ2) is 8.68. The van der Waals surface area contributed by atoms with Gasteiger partial charge in [-0.1, -0.05) is 12.1 Å². The van der Waals surface area contributed by atoms with Gasteiger partial charge in [-0.25, -0.2) is 0 Å². The molecule has 1 N–H and O–H groups in total. The van der Waals surface area contributed by atoms with E-state index in [1.807, 2.05) is 0 Å². The largest absolute Gasteiger partial charge is 0.408 e. The molecule has 5 nitrogen and oxygen atoms in total. The van der Waals surface area contributed by atoms with Crippen molar-refractivity contribution in [3.05, 3.63) is 39.4 Å². The molecule has 0 amide bonds. The number of nitrogens with zero attached hydrogens (tertiary/aromatic N) is 2. The summed E-state index contributed by atoms with van der Waals surface area (Å²) >= 11 is 0. The van der Waals surface area contributed by atoms with Crippen LogP contribution in [-0.2, 0) is 0 Å². The molecule has 23 heavy (non-hydrogen) atoms. The van der Waals surface area contributed by atoms with Crippen LogP contribution in [0.4, 0.5) is 18.9 Å². The summed E-state index contributed by atoms with van der Waals surface area (Å²) in [5.74, 6) is 0. The topological polar surface area (TPSA) is 58.4 Å². The molecular formula is C13H18Cl2F3N3O2. The molecule has 1 aliphatic heterocycles. The first-order chi connectivity index (χ1) is 9.80. The van der Waals surface area contributed by atoms with Gasteiger partial charge in [-0.15, -0.1) is 24.8 Å². The van der Waals surface area contributed by atoms with Crippen LogP contribution in [0.1, 0.15) is 17.2 Å². The summed E-state index contributed by atoms with van der Waals surface area (Å²) in [7, 11) is 0. The Morgan fingerprint density at radius 2 is 1.83 bits per heavy atom. The fraction of sp³-hybridized carbons (Fsp3) is 0.538. The number of nitro groups is 1. The van der Waals surface area contributed by atoms with E-state index >= 15 is 0 Å². The van der Waals surface area contributed by atoms with Crippen molar-refractivity contribution in [2.45, 2.75) is 19.1 Å². The Kier molecular flexibility index (Phi) is 8.26. The second-order valence-electron chi connectivity index (χ2n) is 5.03. The minimum Gasteiger partial charge on any atom is -0.314 e. The summed E-state index contributed by atoms with van der Waals surface area (Å²) in [5, 5.41) is 13.9. The van der Waals surface area contributed by atoms with Crippen LogP contribution in [0.25, 0.3) is 0 Å². The maximum Gasteiger partial charge on any atom is 0.408 e. The molecule has 10 heteroatoms. The lowest BCUT2D eigenvalue weighted by atomic mass is 10.0. The van der Waals surface area contributed by atoms with E-state index in [4.69, 9.17) is 0 Å². The van der Waals surface area contributed by atoms with Gasteiger partial charge in [-0.3, -0.25) is 15.0 Å². The van der Waals surface area contributed by atoms with Crippen molar-refractivity contribution in [3.8, 4) is 0 Å². The Hall–Kier alpha value is -1.09. The number of alkyl halides is 3. The maximum atomic E-state index is 13.4. The van der Waals surface area contributed by atoms with Gasteiger partial charge in [-0.2, -0.15) is 13.2 Å². The van der Waals surface area contributed by atoms with Crippen LogP contribution < -0.4 is 5.32 Å². The Balaban J connectivity index is 0.00000242. The summed E-state index contributed by atoms with van der Waals surface area (Å²) in [6, 6.07) is 1.92. The van der Waals surface area contributed by atoms with E-state index in [1.165, 1.54) is 24.0 Å². The summed E-state index contributed by atoms with van der Waals surface area (Å²) in [5.41, 5.74) is -0.0106. The quantitative estimate of drug-likeness (QED) is 0.650. The molecule has 0 spiro atoms. The molecule has 0 aliphatic carbocycles. The van der Waals surface area contributed by atoms with Gasteiger partial charge in [0.2, 0.25) is 0 Å². The zero-order valence-corrected chi connectivity index (χ0v) is 13.9. The minimum absolute atomic E-state index is 0. The predicted molar refractivity (Wildman–Crippen MR) is 85.6 cm³/mol. The lowest BCUT2D eigenvalue weighted by Gasteiger charge is -2.36. The standard InChI is InChI=1S/C13H16F3N3O2.2ClH/c1-9-2-3-10(8-11(9)19(20)21)12(13(14,15)16)18-6-4-17-5-7-18;;/h2-3,8,12,17H,4-7H2,1H3;2*1H/t12-;;/m1../s1. The Morgan fingerprint density at radius 3 is 2.30 bits per heavy atom. The van der Waals surface area contributed by atoms with Crippen molar-refractivity contribution in [2.75, 3.05) is 26.2 Å². The van der Waals surface area contributed by atoms with E-state index in [0.717, 1.165) is 6.07 Å². The first-order valence-electron chi connectivity index (χ1n) is 6.57. The summed E-state index contributed by atoms with van der Waals surface area (Å²) in [6.07, 6.45) is -4.47. The van der Waals surface area contributed by atoms with Gasteiger partial charge < -0.3 is 5.32 Å². The fourth-order valence-corrected chi connectivity index (χ4v) is 2.54. The maximum absolute atomic E-state index is 13.4. The van der Waals surface area contributed by atoms with Crippen LogP contribution in [-0.4, -0.2) is 42.2 Å². The Bertz CT molecular complexity index is 538. The molecule has 1 aliphatic rings. The lowest BCUT2D eigenvalue weighted by Crippen LogP contribution is -2.49. The molecule has 1 fully saturated rings. The zero-order chi connectivity index (χ0) is 15.6. The highest BCUT2D eigenvalue weighted by Gasteiger charge is 2.45. The second-order valence-corrected chi connectivity index (χ2v) is 5.03. The first-order valence-corrected chi connectivity index (χ1v) is 6.57. The number of hydrogen-bond acceptors (Lipinski definition) is 4. The number of aryl methyl sites for hydroxylation is 1. The number of rotatable bonds is 3. The molecule has 0 aromatic heterocycles. The molecule has 2 rings (SSSR count). The van der Waals surface area contributed by atoms with E-state index < -0.39 is 17.1 Å². The zero-order valence-electron chi connectivity index (χ0n) is 12.3. The molecule has 1 aromatic rings. The monoisotopic (exact) mass is 375 g/mol. The number of nitrogens with one attached hydrogen (secondary N) is 1. The van der Waals surface area contributed by atoms with Crippen LogP contribution in [0.5, 0.6) is 0 Å². The summed E-state index contributed by atoms with van der Waals surface area (Å²) in [6.45, 7) is 2.97. The minimum atomic E-state index is -4.47. The smallest absolute Gasteiger partial charge is 0.314 e. The van der Waals surface area contributed by atoms with Gasteiger partial charge in [0.1, 0.15) is 6.04 Å². The summed E-state index contributed by atoms with van der Waals surface area (Å²) in [4.78, 5) is 11.6. The third-order valence-electron chi connectivity index (χ3n) is 3.57. The molecule has 0 saturated carbocycles. The number of halogens is 5.